The largest absolute Gasteiger partial charge is 0.481 e. The number of aliphatic carboxylic acids is 1. The number of halogens is 3. The molecule has 2 amide bonds. The topological polar surface area (TPSA) is 95.5 Å². The minimum absolute atomic E-state index is 0.00288. The fraction of sp³-hybridized carbons (Fsp3) is 0.400. The first-order valence-electron chi connectivity index (χ1n) is 6.89. The molecular weight excluding hydrogens is 329 g/mol. The highest BCUT2D eigenvalue weighted by atomic mass is 19.4. The molecule has 0 aliphatic carbocycles. The van der Waals surface area contributed by atoms with E-state index < -0.39 is 35.9 Å². The molecule has 0 spiro atoms. The van der Waals surface area contributed by atoms with Crippen LogP contribution in [-0.4, -0.2) is 35.6 Å². The van der Waals surface area contributed by atoms with Crippen LogP contribution < -0.4 is 10.6 Å². The van der Waals surface area contributed by atoms with Crippen LogP contribution in [0, 0.1) is 5.41 Å². The van der Waals surface area contributed by atoms with Crippen LogP contribution in [0.25, 0.3) is 0 Å². The molecule has 9 heteroatoms. The van der Waals surface area contributed by atoms with Crippen molar-refractivity contribution < 1.29 is 32.7 Å². The van der Waals surface area contributed by atoms with Crippen molar-refractivity contribution >= 4 is 23.5 Å². The molecule has 0 aliphatic heterocycles. The monoisotopic (exact) mass is 346 g/mol. The molecule has 0 saturated heterocycles. The summed E-state index contributed by atoms with van der Waals surface area (Å²) in [4.78, 5) is 34.3. The van der Waals surface area contributed by atoms with E-state index in [2.05, 4.69) is 5.32 Å². The van der Waals surface area contributed by atoms with E-state index in [1.165, 1.54) is 38.1 Å². The molecule has 132 valence electrons. The first kappa shape index (κ1) is 19.5. The van der Waals surface area contributed by atoms with Crippen LogP contribution in [0.15, 0.2) is 24.3 Å². The van der Waals surface area contributed by atoms with Crippen molar-refractivity contribution in [1.29, 1.82) is 0 Å². The maximum absolute atomic E-state index is 12.0. The van der Waals surface area contributed by atoms with E-state index in [4.69, 9.17) is 5.11 Å². The van der Waals surface area contributed by atoms with Gasteiger partial charge in [0.2, 0.25) is 5.91 Å². The lowest BCUT2D eigenvalue weighted by atomic mass is 9.89. The van der Waals surface area contributed by atoms with Crippen molar-refractivity contribution in [2.75, 3.05) is 11.9 Å². The Morgan fingerprint density at radius 1 is 1.08 bits per heavy atom. The number of alkyl halides is 3. The summed E-state index contributed by atoms with van der Waals surface area (Å²) < 4.78 is 36.1. The van der Waals surface area contributed by atoms with Crippen molar-refractivity contribution in [3.63, 3.8) is 0 Å². The lowest BCUT2D eigenvalue weighted by Gasteiger charge is -2.18. The number of hydrogen-bond acceptors (Lipinski definition) is 3. The number of carbonyl (C=O) groups is 3. The van der Waals surface area contributed by atoms with Gasteiger partial charge in [-0.2, -0.15) is 13.2 Å². The molecular formula is C15H17F3N2O4. The van der Waals surface area contributed by atoms with Gasteiger partial charge in [0.1, 0.15) is 6.54 Å². The third-order valence-corrected chi connectivity index (χ3v) is 3.06. The van der Waals surface area contributed by atoms with Gasteiger partial charge in [-0.25, -0.2) is 0 Å². The average molecular weight is 346 g/mol. The molecule has 1 aromatic rings. The minimum atomic E-state index is -4.50. The quantitative estimate of drug-likeness (QED) is 0.737. The molecule has 1 rings (SSSR count). The lowest BCUT2D eigenvalue weighted by molar-refractivity contribution is -0.149. The second kappa shape index (κ2) is 7.33. The van der Waals surface area contributed by atoms with Crippen LogP contribution in [0.5, 0.6) is 0 Å². The summed E-state index contributed by atoms with van der Waals surface area (Å²) in [6, 6.07) is 5.19. The number of hydrogen-bond donors (Lipinski definition) is 3. The summed E-state index contributed by atoms with van der Waals surface area (Å²) in [6.07, 6.45) is -4.75. The van der Waals surface area contributed by atoms with E-state index in [1.54, 1.807) is 5.32 Å². The minimum Gasteiger partial charge on any atom is -0.481 e. The molecule has 0 radical (unpaired) electrons. The third-order valence-electron chi connectivity index (χ3n) is 3.06. The highest BCUT2D eigenvalue weighted by Crippen LogP contribution is 2.21. The second-order valence-electron chi connectivity index (χ2n) is 5.79. The lowest BCUT2D eigenvalue weighted by Crippen LogP contribution is -2.33. The van der Waals surface area contributed by atoms with Crippen LogP contribution in [0.3, 0.4) is 0 Å². The Morgan fingerprint density at radius 2 is 1.62 bits per heavy atom. The van der Waals surface area contributed by atoms with Crippen LogP contribution >= 0.6 is 0 Å². The standard InChI is InChI=1S/C15H17F3N2O4/c1-14(2,13(23)24)7-11(21)20-10-5-3-9(4-6-10)12(22)19-8-15(16,17)18/h3-6H,7-8H2,1-2H3,(H,19,22)(H,20,21)(H,23,24). The number of anilines is 1. The van der Waals surface area contributed by atoms with Gasteiger partial charge in [-0.05, 0) is 38.1 Å². The zero-order valence-corrected chi connectivity index (χ0v) is 13.0. The number of carboxylic acid groups (broad SMARTS) is 1. The highest BCUT2D eigenvalue weighted by Gasteiger charge is 2.30. The van der Waals surface area contributed by atoms with Crippen molar-refractivity contribution in [3.05, 3.63) is 29.8 Å². The molecule has 0 saturated carbocycles. The number of carboxylic acids is 1. The Labute approximate surface area is 136 Å². The molecule has 0 bridgehead atoms. The predicted molar refractivity (Wildman–Crippen MR) is 79.5 cm³/mol. The normalized spacial score (nSPS) is 11.7. The fourth-order valence-electron chi connectivity index (χ4n) is 1.67. The molecule has 24 heavy (non-hydrogen) atoms. The molecule has 6 nitrogen and oxygen atoms in total. The van der Waals surface area contributed by atoms with Gasteiger partial charge in [0.25, 0.3) is 5.91 Å². The maximum Gasteiger partial charge on any atom is 0.405 e. The van der Waals surface area contributed by atoms with Crippen molar-refractivity contribution in [2.45, 2.75) is 26.4 Å². The Bertz CT molecular complexity index is 625. The van der Waals surface area contributed by atoms with Crippen LogP contribution in [0.2, 0.25) is 0 Å². The van der Waals surface area contributed by atoms with Gasteiger partial charge in [-0.1, -0.05) is 0 Å². The van der Waals surface area contributed by atoms with Gasteiger partial charge in [-0.15, -0.1) is 0 Å². The SMILES string of the molecule is CC(C)(CC(=O)Nc1ccc(C(=O)NCC(F)(F)F)cc1)C(=O)O. The Balaban J connectivity index is 2.63. The second-order valence-corrected chi connectivity index (χ2v) is 5.79. The number of carbonyl (C=O) groups excluding carboxylic acids is 2. The molecule has 3 N–H and O–H groups in total. The summed E-state index contributed by atoms with van der Waals surface area (Å²) in [6.45, 7) is 1.38. The summed E-state index contributed by atoms with van der Waals surface area (Å²) in [7, 11) is 0. The van der Waals surface area contributed by atoms with E-state index >= 15 is 0 Å². The van der Waals surface area contributed by atoms with Crippen LogP contribution in [-0.2, 0) is 9.59 Å². The molecule has 0 heterocycles. The van der Waals surface area contributed by atoms with Gasteiger partial charge in [0, 0.05) is 17.7 Å². The Morgan fingerprint density at radius 3 is 2.08 bits per heavy atom. The summed E-state index contributed by atoms with van der Waals surface area (Å²) in [5.74, 6) is -2.54. The van der Waals surface area contributed by atoms with Gasteiger partial charge in [0.05, 0.1) is 5.41 Å². The smallest absolute Gasteiger partial charge is 0.405 e. The van der Waals surface area contributed by atoms with Crippen LogP contribution in [0.4, 0.5) is 18.9 Å². The third kappa shape index (κ3) is 6.27. The Kier molecular flexibility index (Phi) is 5.94. The van der Waals surface area contributed by atoms with E-state index in [-0.39, 0.29) is 12.0 Å². The number of amides is 2. The highest BCUT2D eigenvalue weighted by molar-refractivity contribution is 5.96. The predicted octanol–water partition coefficient (Wildman–Crippen LogP) is 2.42. The summed E-state index contributed by atoms with van der Waals surface area (Å²) in [5, 5.41) is 13.1. The zero-order chi connectivity index (χ0) is 18.5. The molecule has 0 aromatic heterocycles. The summed E-state index contributed by atoms with van der Waals surface area (Å²) >= 11 is 0. The maximum atomic E-state index is 12.0. The molecule has 1 aromatic carbocycles. The van der Waals surface area contributed by atoms with Crippen molar-refractivity contribution in [1.82, 2.24) is 5.32 Å². The van der Waals surface area contributed by atoms with Gasteiger partial charge in [-0.3, -0.25) is 14.4 Å². The van der Waals surface area contributed by atoms with Gasteiger partial charge < -0.3 is 15.7 Å². The van der Waals surface area contributed by atoms with Crippen molar-refractivity contribution in [3.8, 4) is 0 Å². The number of benzene rings is 1. The first-order valence-corrected chi connectivity index (χ1v) is 6.89. The van der Waals surface area contributed by atoms with E-state index in [0.717, 1.165) is 0 Å². The Hall–Kier alpha value is -2.58. The number of nitrogens with one attached hydrogen (secondary N) is 2. The van der Waals surface area contributed by atoms with Crippen molar-refractivity contribution in [2.24, 2.45) is 5.41 Å². The molecule has 0 atom stereocenters. The van der Waals surface area contributed by atoms with Gasteiger partial charge in [0.15, 0.2) is 0 Å². The average Bonchev–Trinajstić information content (AvgIpc) is 2.44. The van der Waals surface area contributed by atoms with Crippen LogP contribution in [0.1, 0.15) is 30.6 Å². The summed E-state index contributed by atoms with van der Waals surface area (Å²) in [5.41, 5.74) is -0.932. The number of rotatable bonds is 6. The van der Waals surface area contributed by atoms with E-state index in [0.29, 0.717) is 5.69 Å². The van der Waals surface area contributed by atoms with Gasteiger partial charge >= 0.3 is 12.1 Å². The zero-order valence-electron chi connectivity index (χ0n) is 13.0. The fourth-order valence-corrected chi connectivity index (χ4v) is 1.67. The van der Waals surface area contributed by atoms with E-state index in [9.17, 15) is 27.6 Å². The van der Waals surface area contributed by atoms with E-state index in [1.807, 2.05) is 0 Å². The molecule has 0 fully saturated rings. The molecule has 0 aliphatic rings. The molecule has 0 unspecified atom stereocenters. The first-order chi connectivity index (χ1) is 10.9.